The third-order valence-electron chi connectivity index (χ3n) is 2.67. The van der Waals surface area contributed by atoms with Crippen molar-refractivity contribution < 1.29 is 4.74 Å². The summed E-state index contributed by atoms with van der Waals surface area (Å²) in [5.74, 6) is 1.38. The van der Waals surface area contributed by atoms with Gasteiger partial charge in [0.05, 0.1) is 13.2 Å². The van der Waals surface area contributed by atoms with Crippen LogP contribution in [0.4, 0.5) is 0 Å². The largest absolute Gasteiger partial charge is 0.493 e. The maximum atomic E-state index is 5.73. The zero-order chi connectivity index (χ0) is 13.0. The molecule has 0 radical (unpaired) electrons. The quantitative estimate of drug-likeness (QED) is 0.508. The second kappa shape index (κ2) is 5.91. The molecule has 0 amide bonds. The summed E-state index contributed by atoms with van der Waals surface area (Å²) in [5, 5.41) is 2.94. The van der Waals surface area contributed by atoms with E-state index in [1.807, 2.05) is 6.07 Å². The molecule has 0 aromatic heterocycles. The highest BCUT2D eigenvalue weighted by Gasteiger charge is 2.17. The minimum atomic E-state index is 0.418. The van der Waals surface area contributed by atoms with Crippen LogP contribution in [-0.2, 0) is 13.0 Å². The molecule has 2 rings (SSSR count). The Morgan fingerprint density at radius 3 is 3.22 bits per heavy atom. The van der Waals surface area contributed by atoms with Crippen molar-refractivity contribution in [3.63, 3.8) is 0 Å². The van der Waals surface area contributed by atoms with Crippen molar-refractivity contribution in [2.45, 2.75) is 13.0 Å². The number of rotatable bonds is 4. The predicted octanol–water partition coefficient (Wildman–Crippen LogP) is 1.97. The Morgan fingerprint density at radius 1 is 1.61 bits per heavy atom. The molecule has 18 heavy (non-hydrogen) atoms. The summed E-state index contributed by atoms with van der Waals surface area (Å²) < 4.78 is 6.68. The van der Waals surface area contributed by atoms with Gasteiger partial charge in [-0.05, 0) is 17.7 Å². The summed E-state index contributed by atoms with van der Waals surface area (Å²) in [5.41, 5.74) is 8.01. The van der Waals surface area contributed by atoms with Gasteiger partial charge in [0.1, 0.15) is 5.75 Å². The van der Waals surface area contributed by atoms with Crippen LogP contribution in [0.25, 0.3) is 0 Å². The number of fused-ring (bicyclic) bond motifs is 1. The molecule has 1 aliphatic rings. The van der Waals surface area contributed by atoms with Gasteiger partial charge in [-0.25, -0.2) is 4.99 Å². The maximum absolute atomic E-state index is 5.73. The van der Waals surface area contributed by atoms with E-state index in [-0.39, 0.29) is 0 Å². The van der Waals surface area contributed by atoms with Crippen LogP contribution in [0, 0.1) is 0 Å². The average molecular weight is 310 g/mol. The highest BCUT2D eigenvalue weighted by atomic mass is 79.9. The Balaban J connectivity index is 2.12. The fourth-order valence-corrected chi connectivity index (χ4v) is 2.42. The van der Waals surface area contributed by atoms with Gasteiger partial charge in [0.25, 0.3) is 0 Å². The lowest BCUT2D eigenvalue weighted by molar-refractivity contribution is 0.353. The van der Waals surface area contributed by atoms with E-state index >= 15 is 0 Å². The summed E-state index contributed by atoms with van der Waals surface area (Å²) >= 11 is 3.50. The smallest absolute Gasteiger partial charge is 0.189 e. The topological polar surface area (TPSA) is 59.6 Å². The minimum absolute atomic E-state index is 0.418. The molecule has 0 fully saturated rings. The number of benzene rings is 1. The number of ether oxygens (including phenoxy) is 1. The Hall–Kier alpha value is -1.49. The number of aliphatic imine (C=N–C) groups is 1. The molecular formula is C13H16BrN3O. The Bertz CT molecular complexity index is 485. The number of guanidine groups is 1. The SMILES string of the molecule is C=CCNC(N)=NCc1cc(Br)cc2c1OCC2. The van der Waals surface area contributed by atoms with E-state index in [1.54, 1.807) is 6.08 Å². The van der Waals surface area contributed by atoms with Crippen molar-refractivity contribution in [1.82, 2.24) is 5.32 Å². The van der Waals surface area contributed by atoms with Crippen LogP contribution in [0.5, 0.6) is 5.75 Å². The molecule has 0 saturated carbocycles. The number of nitrogens with zero attached hydrogens (tertiary/aromatic N) is 1. The summed E-state index contributed by atoms with van der Waals surface area (Å²) in [4.78, 5) is 4.29. The minimum Gasteiger partial charge on any atom is -0.493 e. The number of halogens is 1. The van der Waals surface area contributed by atoms with E-state index in [9.17, 15) is 0 Å². The second-order valence-electron chi connectivity index (χ2n) is 4.02. The van der Waals surface area contributed by atoms with Crippen molar-refractivity contribution in [2.75, 3.05) is 13.2 Å². The van der Waals surface area contributed by atoms with Gasteiger partial charge >= 0.3 is 0 Å². The van der Waals surface area contributed by atoms with E-state index in [0.717, 1.165) is 28.8 Å². The zero-order valence-electron chi connectivity index (χ0n) is 10.1. The average Bonchev–Trinajstić information content (AvgIpc) is 2.81. The van der Waals surface area contributed by atoms with Gasteiger partial charge in [0.15, 0.2) is 5.96 Å². The monoisotopic (exact) mass is 309 g/mol. The first-order chi connectivity index (χ1) is 8.70. The molecule has 0 aliphatic carbocycles. The number of hydrogen-bond acceptors (Lipinski definition) is 2. The van der Waals surface area contributed by atoms with Crippen LogP contribution >= 0.6 is 15.9 Å². The highest BCUT2D eigenvalue weighted by molar-refractivity contribution is 9.10. The van der Waals surface area contributed by atoms with Gasteiger partial charge in [-0.15, -0.1) is 6.58 Å². The van der Waals surface area contributed by atoms with Crippen LogP contribution in [0.3, 0.4) is 0 Å². The Kier molecular flexibility index (Phi) is 4.25. The molecule has 0 saturated heterocycles. The number of nitrogens with one attached hydrogen (secondary N) is 1. The van der Waals surface area contributed by atoms with Gasteiger partial charge < -0.3 is 15.8 Å². The van der Waals surface area contributed by atoms with Crippen molar-refractivity contribution in [2.24, 2.45) is 10.7 Å². The van der Waals surface area contributed by atoms with Crippen LogP contribution in [-0.4, -0.2) is 19.1 Å². The van der Waals surface area contributed by atoms with Gasteiger partial charge in [-0.1, -0.05) is 22.0 Å². The zero-order valence-corrected chi connectivity index (χ0v) is 11.7. The molecule has 1 aliphatic heterocycles. The second-order valence-corrected chi connectivity index (χ2v) is 4.94. The van der Waals surface area contributed by atoms with E-state index in [1.165, 1.54) is 5.56 Å². The lowest BCUT2D eigenvalue weighted by atomic mass is 10.1. The molecule has 1 heterocycles. The first kappa shape index (κ1) is 13.0. The molecule has 96 valence electrons. The molecule has 5 heteroatoms. The summed E-state index contributed by atoms with van der Waals surface area (Å²) in [6, 6.07) is 4.11. The molecule has 1 aromatic carbocycles. The molecule has 0 bridgehead atoms. The van der Waals surface area contributed by atoms with E-state index in [4.69, 9.17) is 10.5 Å². The van der Waals surface area contributed by atoms with Gasteiger partial charge in [-0.3, -0.25) is 0 Å². The van der Waals surface area contributed by atoms with E-state index in [2.05, 4.69) is 38.9 Å². The molecule has 0 atom stereocenters. The molecule has 3 N–H and O–H groups in total. The van der Waals surface area contributed by atoms with Crippen molar-refractivity contribution in [1.29, 1.82) is 0 Å². The Labute approximate surface area is 115 Å². The van der Waals surface area contributed by atoms with Crippen LogP contribution < -0.4 is 15.8 Å². The Morgan fingerprint density at radius 2 is 2.44 bits per heavy atom. The fraction of sp³-hybridized carbons (Fsp3) is 0.308. The number of hydrogen-bond donors (Lipinski definition) is 2. The van der Waals surface area contributed by atoms with Crippen molar-refractivity contribution in [3.05, 3.63) is 40.4 Å². The van der Waals surface area contributed by atoms with Crippen LogP contribution in [0.1, 0.15) is 11.1 Å². The summed E-state index contributed by atoms with van der Waals surface area (Å²) in [6.45, 7) is 5.48. The highest BCUT2D eigenvalue weighted by Crippen LogP contribution is 2.33. The first-order valence-electron chi connectivity index (χ1n) is 5.79. The lowest BCUT2D eigenvalue weighted by Crippen LogP contribution is -2.31. The normalized spacial score (nSPS) is 13.9. The molecular weight excluding hydrogens is 294 g/mol. The third-order valence-corrected chi connectivity index (χ3v) is 3.13. The summed E-state index contributed by atoms with van der Waals surface area (Å²) in [6.07, 6.45) is 2.69. The fourth-order valence-electron chi connectivity index (χ4n) is 1.87. The van der Waals surface area contributed by atoms with Crippen LogP contribution in [0.2, 0.25) is 0 Å². The van der Waals surface area contributed by atoms with E-state index < -0.39 is 0 Å². The third kappa shape index (κ3) is 3.04. The predicted molar refractivity (Wildman–Crippen MR) is 76.9 cm³/mol. The molecule has 0 spiro atoms. The van der Waals surface area contributed by atoms with Crippen molar-refractivity contribution in [3.8, 4) is 5.75 Å². The van der Waals surface area contributed by atoms with Crippen LogP contribution in [0.15, 0.2) is 34.3 Å². The maximum Gasteiger partial charge on any atom is 0.189 e. The molecule has 4 nitrogen and oxygen atoms in total. The molecule has 0 unspecified atom stereocenters. The van der Waals surface area contributed by atoms with Gasteiger partial charge in [0, 0.05) is 23.0 Å². The number of nitrogens with two attached hydrogens (primary N) is 1. The van der Waals surface area contributed by atoms with Gasteiger partial charge in [-0.2, -0.15) is 0 Å². The van der Waals surface area contributed by atoms with Gasteiger partial charge in [0.2, 0.25) is 0 Å². The lowest BCUT2D eigenvalue weighted by Gasteiger charge is -2.08. The molecule has 1 aromatic rings. The van der Waals surface area contributed by atoms with Crippen molar-refractivity contribution >= 4 is 21.9 Å². The van der Waals surface area contributed by atoms with E-state index in [0.29, 0.717) is 19.0 Å². The summed E-state index contributed by atoms with van der Waals surface area (Å²) in [7, 11) is 0. The first-order valence-corrected chi connectivity index (χ1v) is 6.59. The standard InChI is InChI=1S/C13H16BrN3O/c1-2-4-16-13(15)17-8-10-7-11(14)6-9-3-5-18-12(9)10/h2,6-7H,1,3-5,8H2,(H3,15,16,17).